The van der Waals surface area contributed by atoms with Gasteiger partial charge in [-0.05, 0) is 72.9 Å². The van der Waals surface area contributed by atoms with Gasteiger partial charge in [-0.2, -0.15) is 0 Å². The third kappa shape index (κ3) is 4.10. The molecule has 0 spiro atoms. The SMILES string of the molecule is Cc1ccc(NC(=O)c2cccc(NC(=O)[C@H](C)N3C(=O)[C@@H]4[C@@H](C3=O)C3(Cl)c5ccccc5C4(Cl)c4ccccc43)c2)c(C)c1. The number of rotatable bonds is 5. The fraction of sp³-hybridized carbons (Fsp3) is 0.222. The van der Waals surface area contributed by atoms with Crippen LogP contribution in [0.2, 0.25) is 0 Å². The number of aryl methyl sites for hydroxylation is 2. The molecule has 0 radical (unpaired) electrons. The van der Waals surface area contributed by atoms with Gasteiger partial charge in [-0.3, -0.25) is 24.1 Å². The van der Waals surface area contributed by atoms with Crippen LogP contribution in [0.25, 0.3) is 0 Å². The minimum absolute atomic E-state index is 0.333. The van der Waals surface area contributed by atoms with Crippen molar-refractivity contribution in [3.8, 4) is 0 Å². The third-order valence-electron chi connectivity index (χ3n) is 9.41. The van der Waals surface area contributed by atoms with Crippen LogP contribution < -0.4 is 10.6 Å². The summed E-state index contributed by atoms with van der Waals surface area (Å²) in [5.74, 6) is -4.01. The highest BCUT2D eigenvalue weighted by atomic mass is 35.5. The molecule has 3 atom stereocenters. The van der Waals surface area contributed by atoms with Crippen LogP contribution in [-0.4, -0.2) is 34.6 Å². The monoisotopic (exact) mass is 637 g/mol. The predicted molar refractivity (Wildman–Crippen MR) is 173 cm³/mol. The maximum absolute atomic E-state index is 14.2. The first-order valence-electron chi connectivity index (χ1n) is 14.7. The normalized spacial score (nSPS) is 24.9. The third-order valence-corrected chi connectivity index (χ3v) is 10.7. The van der Waals surface area contributed by atoms with Crippen LogP contribution in [0, 0.1) is 25.7 Å². The number of carbonyl (C=O) groups is 4. The quantitative estimate of drug-likeness (QED) is 0.193. The van der Waals surface area contributed by atoms with Crippen LogP contribution >= 0.6 is 23.2 Å². The zero-order chi connectivity index (χ0) is 31.8. The van der Waals surface area contributed by atoms with Crippen molar-refractivity contribution in [1.29, 1.82) is 0 Å². The standard InChI is InChI=1S/C36H29Cl2N3O4/c1-19-15-16-28(20(2)17-19)40-32(43)22-9-8-10-23(18-22)39-31(42)21(3)41-33(44)29-30(34(41)45)36(38)25-12-5-4-11-24(25)35(29,37)26-13-6-7-14-27(26)36/h4-18,21,29-30H,1-3H3,(H,39,42)(H,40,43)/t21-,29-,30-,35?,36?/m0/s1. The van der Waals surface area contributed by atoms with E-state index < -0.39 is 45.3 Å². The highest BCUT2D eigenvalue weighted by molar-refractivity contribution is 6.36. The Balaban J connectivity index is 1.16. The van der Waals surface area contributed by atoms with Gasteiger partial charge >= 0.3 is 0 Å². The van der Waals surface area contributed by atoms with E-state index in [2.05, 4.69) is 10.6 Å². The number of halogens is 2. The molecule has 4 amide bonds. The average Bonchev–Trinajstić information content (AvgIpc) is 3.31. The molecule has 4 aliphatic rings. The molecular weight excluding hydrogens is 609 g/mol. The summed E-state index contributed by atoms with van der Waals surface area (Å²) < 4.78 is 0. The number of nitrogens with one attached hydrogen (secondary N) is 2. The second-order valence-corrected chi connectivity index (χ2v) is 13.2. The highest BCUT2D eigenvalue weighted by Gasteiger charge is 2.73. The Bertz CT molecular complexity index is 1830. The second-order valence-electron chi connectivity index (χ2n) is 12.0. The fourth-order valence-corrected chi connectivity index (χ4v) is 8.42. The lowest BCUT2D eigenvalue weighted by atomic mass is 9.54. The summed E-state index contributed by atoms with van der Waals surface area (Å²) in [6.07, 6.45) is 0. The van der Waals surface area contributed by atoms with E-state index >= 15 is 0 Å². The molecule has 3 aliphatic carbocycles. The number of hydrogen-bond acceptors (Lipinski definition) is 4. The van der Waals surface area contributed by atoms with Gasteiger partial charge in [-0.15, -0.1) is 23.2 Å². The molecule has 45 heavy (non-hydrogen) atoms. The number of anilines is 2. The van der Waals surface area contributed by atoms with Crippen molar-refractivity contribution in [3.63, 3.8) is 0 Å². The van der Waals surface area contributed by atoms with Gasteiger partial charge in [0.25, 0.3) is 5.91 Å². The van der Waals surface area contributed by atoms with E-state index in [0.717, 1.165) is 16.0 Å². The van der Waals surface area contributed by atoms with Gasteiger partial charge in [0.05, 0.1) is 11.8 Å². The van der Waals surface area contributed by atoms with Crippen molar-refractivity contribution in [2.45, 2.75) is 36.6 Å². The highest BCUT2D eigenvalue weighted by Crippen LogP contribution is 2.69. The molecule has 2 bridgehead atoms. The Morgan fingerprint density at radius 2 is 1.27 bits per heavy atom. The number of nitrogens with zero attached hydrogens (tertiary/aromatic N) is 1. The minimum Gasteiger partial charge on any atom is -0.324 e. The summed E-state index contributed by atoms with van der Waals surface area (Å²) in [6.45, 7) is 5.40. The Morgan fingerprint density at radius 1 is 0.733 bits per heavy atom. The lowest BCUT2D eigenvalue weighted by molar-refractivity contribution is -0.146. The molecule has 1 aliphatic heterocycles. The van der Waals surface area contributed by atoms with E-state index in [4.69, 9.17) is 23.2 Å². The van der Waals surface area contributed by atoms with Crippen molar-refractivity contribution < 1.29 is 19.2 Å². The summed E-state index contributed by atoms with van der Waals surface area (Å²) in [5.41, 5.74) is 6.15. The van der Waals surface area contributed by atoms with E-state index in [9.17, 15) is 19.2 Å². The molecule has 2 N–H and O–H groups in total. The molecule has 8 rings (SSSR count). The van der Waals surface area contributed by atoms with Gasteiger partial charge in [0, 0.05) is 16.9 Å². The van der Waals surface area contributed by atoms with Crippen LogP contribution in [0.1, 0.15) is 50.7 Å². The van der Waals surface area contributed by atoms with Gasteiger partial charge in [0.1, 0.15) is 15.8 Å². The Labute approximate surface area is 270 Å². The lowest BCUT2D eigenvalue weighted by Crippen LogP contribution is -2.57. The molecule has 7 nitrogen and oxygen atoms in total. The Hall–Kier alpha value is -4.46. The summed E-state index contributed by atoms with van der Waals surface area (Å²) in [4.78, 5) is 53.4. The summed E-state index contributed by atoms with van der Waals surface area (Å²) in [7, 11) is 0. The zero-order valence-electron chi connectivity index (χ0n) is 24.7. The van der Waals surface area contributed by atoms with Crippen molar-refractivity contribution in [1.82, 2.24) is 4.90 Å². The topological polar surface area (TPSA) is 95.6 Å². The van der Waals surface area contributed by atoms with Gasteiger partial charge in [-0.25, -0.2) is 0 Å². The number of alkyl halides is 2. The summed E-state index contributed by atoms with van der Waals surface area (Å²) >= 11 is 15.0. The van der Waals surface area contributed by atoms with Crippen molar-refractivity contribution >= 4 is 58.2 Å². The van der Waals surface area contributed by atoms with E-state index in [-0.39, 0.29) is 5.91 Å². The van der Waals surface area contributed by atoms with Crippen molar-refractivity contribution in [3.05, 3.63) is 130 Å². The summed E-state index contributed by atoms with van der Waals surface area (Å²) in [6, 6.07) is 25.8. The smallest absolute Gasteiger partial charge is 0.255 e. The molecule has 1 saturated heterocycles. The van der Waals surface area contributed by atoms with Gasteiger partial charge in [-0.1, -0.05) is 72.3 Å². The van der Waals surface area contributed by atoms with E-state index in [1.807, 2.05) is 80.6 Å². The van der Waals surface area contributed by atoms with Gasteiger partial charge in [0.2, 0.25) is 17.7 Å². The molecule has 4 aromatic carbocycles. The van der Waals surface area contributed by atoms with E-state index in [0.29, 0.717) is 39.2 Å². The number of amides is 4. The van der Waals surface area contributed by atoms with Crippen LogP contribution in [0.15, 0.2) is 91.0 Å². The molecule has 1 fully saturated rings. The fourth-order valence-electron chi connectivity index (χ4n) is 7.32. The molecule has 0 aromatic heterocycles. The Kier molecular flexibility index (Phi) is 6.69. The zero-order valence-corrected chi connectivity index (χ0v) is 26.2. The molecule has 226 valence electrons. The number of benzene rings is 4. The minimum atomic E-state index is -1.33. The molecule has 4 aromatic rings. The molecule has 9 heteroatoms. The number of hydrogen-bond donors (Lipinski definition) is 2. The maximum Gasteiger partial charge on any atom is 0.255 e. The average molecular weight is 639 g/mol. The molecule has 1 heterocycles. The van der Waals surface area contributed by atoms with E-state index in [1.54, 1.807) is 24.3 Å². The first-order valence-corrected chi connectivity index (χ1v) is 15.5. The number of carbonyl (C=O) groups excluding carboxylic acids is 4. The first-order chi connectivity index (χ1) is 21.5. The van der Waals surface area contributed by atoms with Gasteiger partial charge in [0.15, 0.2) is 0 Å². The number of likely N-dealkylation sites (tertiary alicyclic amines) is 1. The van der Waals surface area contributed by atoms with Crippen molar-refractivity contribution in [2.24, 2.45) is 11.8 Å². The van der Waals surface area contributed by atoms with E-state index in [1.165, 1.54) is 6.92 Å². The second kappa shape index (κ2) is 10.3. The molecule has 0 unspecified atom stereocenters. The summed E-state index contributed by atoms with van der Waals surface area (Å²) in [5, 5.41) is 5.68. The molecular formula is C36H29Cl2N3O4. The van der Waals surface area contributed by atoms with Crippen LogP contribution in [0.3, 0.4) is 0 Å². The van der Waals surface area contributed by atoms with Crippen LogP contribution in [0.4, 0.5) is 11.4 Å². The van der Waals surface area contributed by atoms with Gasteiger partial charge < -0.3 is 10.6 Å². The predicted octanol–water partition coefficient (Wildman–Crippen LogP) is 6.48. The van der Waals surface area contributed by atoms with Crippen LogP contribution in [-0.2, 0) is 24.1 Å². The molecule has 0 saturated carbocycles. The largest absolute Gasteiger partial charge is 0.324 e. The lowest BCUT2D eigenvalue weighted by Gasteiger charge is -2.54. The number of imide groups is 1. The Morgan fingerprint density at radius 3 is 1.78 bits per heavy atom. The van der Waals surface area contributed by atoms with Crippen LogP contribution in [0.5, 0.6) is 0 Å². The first kappa shape index (κ1) is 29.3. The maximum atomic E-state index is 14.2. The van der Waals surface area contributed by atoms with Crippen molar-refractivity contribution in [2.75, 3.05) is 10.6 Å².